The molecule has 0 bridgehead atoms. The van der Waals surface area contributed by atoms with Crippen molar-refractivity contribution in [2.75, 3.05) is 10.6 Å². The number of aromatic nitrogens is 5. The average molecular weight is 621 g/mol. The topological polar surface area (TPSA) is 136 Å². The van der Waals surface area contributed by atoms with E-state index in [-0.39, 0.29) is 47.0 Å². The molecule has 0 radical (unpaired) electrons. The monoisotopic (exact) mass is 620 g/mol. The van der Waals surface area contributed by atoms with Crippen LogP contribution in [0.4, 0.5) is 38.7 Å². The maximum Gasteiger partial charge on any atom is 0.282 e. The highest BCUT2D eigenvalue weighted by molar-refractivity contribution is 7.90. The Morgan fingerprint density at radius 3 is 2.63 bits per heavy atom. The number of nitrogens with zero attached hydrogens (tertiary/aromatic N) is 5. The maximum absolute atomic E-state index is 13.6. The minimum absolute atomic E-state index is 0.0151. The molecule has 3 aromatic rings. The van der Waals surface area contributed by atoms with Crippen LogP contribution in [-0.2, 0) is 34.7 Å². The minimum Gasteiger partial charge on any atom is -0.316 e. The van der Waals surface area contributed by atoms with Crippen molar-refractivity contribution < 1.29 is 35.2 Å². The smallest absolute Gasteiger partial charge is 0.282 e. The molecule has 2 fully saturated rings. The summed E-state index contributed by atoms with van der Waals surface area (Å²) in [5.74, 6) is -5.16. The van der Waals surface area contributed by atoms with Crippen LogP contribution in [-0.4, -0.2) is 57.0 Å². The molecule has 3 N–H and O–H groups in total. The third-order valence-corrected chi connectivity index (χ3v) is 10.5. The number of hydrogen-bond donors (Lipinski definition) is 3. The Labute approximate surface area is 234 Å². The van der Waals surface area contributed by atoms with Crippen LogP contribution >= 0.6 is 11.3 Å². The Morgan fingerprint density at radius 1 is 1.27 bits per heavy atom. The summed E-state index contributed by atoms with van der Waals surface area (Å²) >= 11 is 1.02. The molecule has 0 saturated heterocycles. The largest absolute Gasteiger partial charge is 0.316 e. The summed E-state index contributed by atoms with van der Waals surface area (Å²) in [4.78, 5) is 13.0. The molecule has 2 saturated carbocycles. The van der Waals surface area contributed by atoms with Crippen LogP contribution in [0.3, 0.4) is 0 Å². The van der Waals surface area contributed by atoms with Crippen molar-refractivity contribution in [2.24, 2.45) is 13.0 Å². The molecule has 18 heteroatoms. The Kier molecular flexibility index (Phi) is 6.84. The van der Waals surface area contributed by atoms with Crippen molar-refractivity contribution in [3.8, 4) is 0 Å². The van der Waals surface area contributed by atoms with E-state index in [0.717, 1.165) is 11.3 Å². The normalized spacial score (nSPS) is 25.0. The number of halogens is 5. The molecule has 11 nitrogen and oxygen atoms in total. The van der Waals surface area contributed by atoms with Crippen molar-refractivity contribution in [1.29, 1.82) is 0 Å². The number of carbonyl (C=O) groups excluding carboxylic acids is 1. The van der Waals surface area contributed by atoms with Gasteiger partial charge < -0.3 is 10.6 Å². The molecule has 1 amide bonds. The van der Waals surface area contributed by atoms with Gasteiger partial charge in [0.25, 0.3) is 12.3 Å². The summed E-state index contributed by atoms with van der Waals surface area (Å²) in [6, 6.07) is 0.187. The van der Waals surface area contributed by atoms with E-state index in [1.54, 1.807) is 4.57 Å². The third-order valence-electron chi connectivity index (χ3n) is 7.57. The van der Waals surface area contributed by atoms with Gasteiger partial charge in [-0.25, -0.2) is 35.1 Å². The second-order valence-electron chi connectivity index (χ2n) is 10.5. The number of hydrogen-bond acceptors (Lipinski definition) is 8. The first-order chi connectivity index (χ1) is 19.3. The Bertz CT molecular complexity index is 1600. The van der Waals surface area contributed by atoms with Crippen molar-refractivity contribution >= 4 is 44.0 Å². The van der Waals surface area contributed by atoms with E-state index < -0.39 is 58.5 Å². The molecule has 41 heavy (non-hydrogen) atoms. The number of fused-ring (bicyclic) bond motifs is 1. The Balaban J connectivity index is 1.30. The van der Waals surface area contributed by atoms with Gasteiger partial charge in [-0.3, -0.25) is 14.0 Å². The van der Waals surface area contributed by atoms with Gasteiger partial charge in [0.2, 0.25) is 21.9 Å². The predicted molar refractivity (Wildman–Crippen MR) is 137 cm³/mol. The van der Waals surface area contributed by atoms with E-state index in [1.165, 1.54) is 24.1 Å². The zero-order valence-electron chi connectivity index (χ0n) is 21.5. The molecule has 222 valence electrons. The molecule has 0 aromatic carbocycles. The number of carbonyl (C=O) groups is 1. The van der Waals surface area contributed by atoms with Gasteiger partial charge in [-0.15, -0.1) is 21.5 Å². The van der Waals surface area contributed by atoms with Crippen LogP contribution in [0.5, 0.6) is 0 Å². The first-order valence-corrected chi connectivity index (χ1v) is 15.1. The third kappa shape index (κ3) is 5.31. The molecule has 0 spiro atoms. The fourth-order valence-corrected chi connectivity index (χ4v) is 8.43. The number of sulfonamides is 1. The number of amides is 1. The van der Waals surface area contributed by atoms with Gasteiger partial charge in [-0.05, 0) is 37.7 Å². The van der Waals surface area contributed by atoms with Crippen molar-refractivity contribution in [2.45, 2.75) is 74.0 Å². The van der Waals surface area contributed by atoms with Crippen LogP contribution < -0.4 is 15.4 Å². The lowest BCUT2D eigenvalue weighted by Crippen LogP contribution is -2.45. The van der Waals surface area contributed by atoms with E-state index >= 15 is 0 Å². The number of nitrogens with one attached hydrogen (secondary N) is 3. The highest BCUT2D eigenvalue weighted by atomic mass is 32.2. The van der Waals surface area contributed by atoms with E-state index in [0.29, 0.717) is 23.3 Å². The highest BCUT2D eigenvalue weighted by Gasteiger charge is 2.61. The Hall–Kier alpha value is -3.12. The number of rotatable bonds is 9. The molecule has 3 aliphatic rings. The van der Waals surface area contributed by atoms with Gasteiger partial charge in [0.1, 0.15) is 39.8 Å². The van der Waals surface area contributed by atoms with Gasteiger partial charge in [0.15, 0.2) is 0 Å². The summed E-state index contributed by atoms with van der Waals surface area (Å²) in [5, 5.41) is 17.0. The zero-order chi connectivity index (χ0) is 29.3. The van der Waals surface area contributed by atoms with Gasteiger partial charge in [-0.2, -0.15) is 5.10 Å². The first-order valence-electron chi connectivity index (χ1n) is 12.8. The molecule has 3 heterocycles. The number of thiophene rings is 1. The zero-order valence-corrected chi connectivity index (χ0v) is 23.1. The fourth-order valence-electron chi connectivity index (χ4n) is 5.19. The molecule has 2 atom stereocenters. The number of aryl methyl sites for hydroxylation is 2. The fraction of sp³-hybridized carbons (Fsp3) is 0.565. The lowest BCUT2D eigenvalue weighted by Gasteiger charge is -2.30. The van der Waals surface area contributed by atoms with Crippen molar-refractivity contribution in [3.05, 3.63) is 28.5 Å². The van der Waals surface area contributed by atoms with Gasteiger partial charge >= 0.3 is 0 Å². The first kappa shape index (κ1) is 28.0. The van der Waals surface area contributed by atoms with Gasteiger partial charge in [0.05, 0.1) is 0 Å². The number of alkyl halides is 5. The highest BCUT2D eigenvalue weighted by Crippen LogP contribution is 2.50. The summed E-state index contributed by atoms with van der Waals surface area (Å²) < 4.78 is 99.2. The molecule has 6 rings (SSSR count). The van der Waals surface area contributed by atoms with Crippen LogP contribution in [0.2, 0.25) is 0 Å². The van der Waals surface area contributed by atoms with E-state index in [1.807, 2.05) is 0 Å². The van der Waals surface area contributed by atoms with E-state index in [4.69, 9.17) is 0 Å². The predicted octanol–water partition coefficient (Wildman–Crippen LogP) is 3.86. The van der Waals surface area contributed by atoms with E-state index in [2.05, 4.69) is 30.7 Å². The molecular formula is C23H25F5N8O3S2. The molecule has 1 unspecified atom stereocenters. The molecule has 3 aliphatic carbocycles. The summed E-state index contributed by atoms with van der Waals surface area (Å²) in [6.45, 7) is 0. The second-order valence-corrected chi connectivity index (χ2v) is 13.3. The Morgan fingerprint density at radius 2 is 2.00 bits per heavy atom. The van der Waals surface area contributed by atoms with Gasteiger partial charge in [-0.1, -0.05) is 0 Å². The van der Waals surface area contributed by atoms with Crippen LogP contribution in [0.1, 0.15) is 54.3 Å². The average Bonchev–Trinajstić information content (AvgIpc) is 3.25. The number of anilines is 3. The summed E-state index contributed by atoms with van der Waals surface area (Å²) in [7, 11) is -2.78. The molecule has 0 aliphatic heterocycles. The quantitative estimate of drug-likeness (QED) is 0.309. The van der Waals surface area contributed by atoms with Crippen LogP contribution in [0.25, 0.3) is 0 Å². The summed E-state index contributed by atoms with van der Waals surface area (Å²) in [5.41, 5.74) is -0.0130. The standard InChI is InChI=1S/C23H25F5N8O3S2/c1-35-17(7-15(33-35)19(25)26)30-22-32-29-9-36(22)12-2-3-16-13(6-12)18(41(38,39)34-11-4-10(24)5-11)21(40-16)31-20(37)14-8-23(14,27)28/h7,9-12,14,19,34H,2-6,8H2,1H3,(H,30,32)(H,31,37)/t10-,11-,12-,14?/m0/s1. The summed E-state index contributed by atoms with van der Waals surface area (Å²) in [6.07, 6.45) is -1.96. The van der Waals surface area contributed by atoms with Crippen LogP contribution in [0, 0.1) is 5.92 Å². The lowest BCUT2D eigenvalue weighted by atomic mass is 9.92. The van der Waals surface area contributed by atoms with Crippen molar-refractivity contribution in [1.82, 2.24) is 29.3 Å². The van der Waals surface area contributed by atoms with Crippen molar-refractivity contribution in [3.63, 3.8) is 0 Å². The van der Waals surface area contributed by atoms with E-state index in [9.17, 15) is 35.2 Å². The SMILES string of the molecule is Cn1nc(C(F)F)cc1Nc1nncn1[C@H]1CCc2sc(NC(=O)C3CC3(F)F)c(S(=O)(=O)N[C@H]3C[C@H](F)C3)c2C1. The van der Waals surface area contributed by atoms with Gasteiger partial charge in [0, 0.05) is 36.5 Å². The minimum atomic E-state index is -4.26. The lowest BCUT2D eigenvalue weighted by molar-refractivity contribution is -0.119. The second kappa shape index (κ2) is 10.0. The maximum atomic E-state index is 13.6. The van der Waals surface area contributed by atoms with Crippen LogP contribution in [0.15, 0.2) is 17.3 Å². The molecule has 3 aromatic heterocycles. The molecular weight excluding hydrogens is 595 g/mol.